The van der Waals surface area contributed by atoms with Crippen molar-refractivity contribution in [2.75, 3.05) is 14.1 Å². The van der Waals surface area contributed by atoms with Gasteiger partial charge in [0.25, 0.3) is 0 Å². The molecule has 0 saturated heterocycles. The highest BCUT2D eigenvalue weighted by Crippen LogP contribution is 2.01. The molecule has 5 nitrogen and oxygen atoms in total. The summed E-state index contributed by atoms with van der Waals surface area (Å²) in [6.45, 7) is 2.52. The van der Waals surface area contributed by atoms with Crippen molar-refractivity contribution in [2.45, 2.75) is 13.5 Å². The predicted molar refractivity (Wildman–Crippen MR) is 56.0 cm³/mol. The average molecular weight is 194 g/mol. The Morgan fingerprint density at radius 2 is 2.36 bits per heavy atom. The second kappa shape index (κ2) is 4.55. The van der Waals surface area contributed by atoms with E-state index in [2.05, 4.69) is 9.98 Å². The van der Waals surface area contributed by atoms with Crippen molar-refractivity contribution in [1.29, 1.82) is 0 Å². The van der Waals surface area contributed by atoms with E-state index < -0.39 is 0 Å². The lowest BCUT2D eigenvalue weighted by molar-refractivity contribution is 0.642. The number of rotatable bonds is 3. The molecule has 0 atom stereocenters. The zero-order valence-corrected chi connectivity index (χ0v) is 8.64. The van der Waals surface area contributed by atoms with E-state index in [0.29, 0.717) is 12.4 Å². The number of aliphatic imine (C=N–C) groups is 1. The number of hydrogen-bond donors (Lipinski definition) is 0. The molecule has 0 aliphatic heterocycles. The average Bonchev–Trinajstić information content (AvgIpc) is 2.15. The van der Waals surface area contributed by atoms with Crippen LogP contribution >= 0.6 is 0 Å². The molecule has 1 aromatic heterocycles. The summed E-state index contributed by atoms with van der Waals surface area (Å²) in [5.74, 6) is 0.438. The summed E-state index contributed by atoms with van der Waals surface area (Å²) in [4.78, 5) is 20.9. The molecule has 0 aromatic carbocycles. The van der Waals surface area contributed by atoms with Crippen LogP contribution in [-0.4, -0.2) is 34.9 Å². The van der Waals surface area contributed by atoms with Crippen molar-refractivity contribution < 1.29 is 0 Å². The molecule has 0 unspecified atom stereocenters. The fourth-order valence-electron chi connectivity index (χ4n) is 0.907. The quantitative estimate of drug-likeness (QED) is 0.519. The van der Waals surface area contributed by atoms with Gasteiger partial charge in [0.05, 0.1) is 6.34 Å². The Kier molecular flexibility index (Phi) is 3.39. The Labute approximate surface area is 82.7 Å². The van der Waals surface area contributed by atoms with E-state index in [4.69, 9.17) is 0 Å². The van der Waals surface area contributed by atoms with Crippen molar-refractivity contribution >= 4 is 12.2 Å². The third-order valence-corrected chi connectivity index (χ3v) is 1.62. The summed E-state index contributed by atoms with van der Waals surface area (Å²) in [7, 11) is 3.72. The lowest BCUT2D eigenvalue weighted by Gasteiger charge is -2.02. The van der Waals surface area contributed by atoms with Gasteiger partial charge in [-0.1, -0.05) is 0 Å². The molecule has 0 radical (unpaired) electrons. The second-order valence-electron chi connectivity index (χ2n) is 3.06. The third kappa shape index (κ3) is 2.69. The van der Waals surface area contributed by atoms with Gasteiger partial charge >= 0.3 is 5.69 Å². The van der Waals surface area contributed by atoms with E-state index in [1.807, 2.05) is 21.0 Å². The van der Waals surface area contributed by atoms with Gasteiger partial charge in [-0.3, -0.25) is 4.57 Å². The molecule has 14 heavy (non-hydrogen) atoms. The first-order valence-electron chi connectivity index (χ1n) is 4.41. The maximum absolute atomic E-state index is 11.3. The normalized spacial score (nSPS) is 10.8. The summed E-state index contributed by atoms with van der Waals surface area (Å²) in [6.07, 6.45) is 3.30. The topological polar surface area (TPSA) is 50.5 Å². The number of aryl methyl sites for hydroxylation is 1. The van der Waals surface area contributed by atoms with Crippen LogP contribution < -0.4 is 5.69 Å². The first-order chi connectivity index (χ1) is 6.63. The maximum Gasteiger partial charge on any atom is 0.349 e. The van der Waals surface area contributed by atoms with Crippen molar-refractivity contribution in [1.82, 2.24) is 14.5 Å². The molecule has 0 aliphatic rings. The summed E-state index contributed by atoms with van der Waals surface area (Å²) in [5, 5.41) is 0. The minimum absolute atomic E-state index is 0.263. The van der Waals surface area contributed by atoms with Crippen LogP contribution in [0.2, 0.25) is 0 Å². The summed E-state index contributed by atoms with van der Waals surface area (Å²) >= 11 is 0. The van der Waals surface area contributed by atoms with E-state index in [9.17, 15) is 4.79 Å². The Morgan fingerprint density at radius 3 is 2.86 bits per heavy atom. The highest BCUT2D eigenvalue weighted by molar-refractivity contribution is 5.58. The third-order valence-electron chi connectivity index (χ3n) is 1.62. The van der Waals surface area contributed by atoms with Crippen molar-refractivity contribution in [3.63, 3.8) is 0 Å². The molecule has 1 heterocycles. The molecule has 0 N–H and O–H groups in total. The predicted octanol–water partition coefficient (Wildman–Crippen LogP) is 0.485. The van der Waals surface area contributed by atoms with E-state index in [0.717, 1.165) is 0 Å². The lowest BCUT2D eigenvalue weighted by atomic mass is 10.5. The molecule has 0 aliphatic carbocycles. The van der Waals surface area contributed by atoms with Crippen molar-refractivity contribution in [3.8, 4) is 0 Å². The van der Waals surface area contributed by atoms with Crippen LogP contribution in [0.4, 0.5) is 5.82 Å². The van der Waals surface area contributed by atoms with Crippen LogP contribution in [0.15, 0.2) is 22.1 Å². The van der Waals surface area contributed by atoms with Gasteiger partial charge < -0.3 is 4.90 Å². The van der Waals surface area contributed by atoms with Gasteiger partial charge in [0.1, 0.15) is 0 Å². The Bertz CT molecular complexity index is 381. The molecule has 1 rings (SSSR count). The molecule has 5 heteroatoms. The maximum atomic E-state index is 11.3. The Morgan fingerprint density at radius 1 is 1.64 bits per heavy atom. The Hall–Kier alpha value is -1.65. The van der Waals surface area contributed by atoms with E-state index >= 15 is 0 Å². The number of aromatic nitrogens is 2. The molecule has 0 bridgehead atoms. The molecule has 0 fully saturated rings. The molecule has 0 amide bonds. The Balaban J connectivity index is 2.92. The largest absolute Gasteiger partial charge is 0.369 e. The molecular weight excluding hydrogens is 180 g/mol. The van der Waals surface area contributed by atoms with Crippen LogP contribution in [0.25, 0.3) is 0 Å². The van der Waals surface area contributed by atoms with Crippen LogP contribution in [0.3, 0.4) is 0 Å². The van der Waals surface area contributed by atoms with E-state index in [-0.39, 0.29) is 5.69 Å². The van der Waals surface area contributed by atoms with Crippen LogP contribution in [0.5, 0.6) is 0 Å². The summed E-state index contributed by atoms with van der Waals surface area (Å²) in [5.41, 5.74) is -0.263. The standard InChI is InChI=1S/C9H14N4O/c1-4-13-6-5-8(11-9(13)14)10-7-12(2)3/h5-7H,4H2,1-3H3. The SMILES string of the molecule is CCn1ccc(N=CN(C)C)nc1=O. The van der Waals surface area contributed by atoms with E-state index in [1.54, 1.807) is 23.5 Å². The zero-order valence-electron chi connectivity index (χ0n) is 8.64. The minimum Gasteiger partial charge on any atom is -0.369 e. The first kappa shape index (κ1) is 10.4. The van der Waals surface area contributed by atoms with Gasteiger partial charge in [-0.05, 0) is 13.0 Å². The van der Waals surface area contributed by atoms with Crippen LogP contribution in [0.1, 0.15) is 6.92 Å². The number of hydrogen-bond acceptors (Lipinski definition) is 3. The minimum atomic E-state index is -0.263. The van der Waals surface area contributed by atoms with Gasteiger partial charge in [-0.15, -0.1) is 0 Å². The van der Waals surface area contributed by atoms with Crippen molar-refractivity contribution in [2.24, 2.45) is 4.99 Å². The lowest BCUT2D eigenvalue weighted by Crippen LogP contribution is -2.20. The zero-order chi connectivity index (χ0) is 10.6. The summed E-state index contributed by atoms with van der Waals surface area (Å²) < 4.78 is 1.52. The first-order valence-corrected chi connectivity index (χ1v) is 4.41. The van der Waals surface area contributed by atoms with Gasteiger partial charge in [0.2, 0.25) is 0 Å². The van der Waals surface area contributed by atoms with Gasteiger partial charge in [-0.2, -0.15) is 4.98 Å². The fraction of sp³-hybridized carbons (Fsp3) is 0.444. The highest BCUT2D eigenvalue weighted by Gasteiger charge is 1.95. The van der Waals surface area contributed by atoms with E-state index in [1.165, 1.54) is 4.57 Å². The summed E-state index contributed by atoms with van der Waals surface area (Å²) in [6, 6.07) is 1.71. The van der Waals surface area contributed by atoms with Crippen LogP contribution in [0, 0.1) is 0 Å². The van der Waals surface area contributed by atoms with Gasteiger partial charge in [-0.25, -0.2) is 9.79 Å². The number of nitrogens with zero attached hydrogens (tertiary/aromatic N) is 4. The highest BCUT2D eigenvalue weighted by atomic mass is 16.1. The van der Waals surface area contributed by atoms with Gasteiger partial charge in [0, 0.05) is 26.8 Å². The molecule has 76 valence electrons. The van der Waals surface area contributed by atoms with Crippen molar-refractivity contribution in [3.05, 3.63) is 22.7 Å². The molecule has 0 saturated carbocycles. The second-order valence-corrected chi connectivity index (χ2v) is 3.06. The molecule has 1 aromatic rings. The monoisotopic (exact) mass is 194 g/mol. The van der Waals surface area contributed by atoms with Gasteiger partial charge in [0.15, 0.2) is 5.82 Å². The molecule has 0 spiro atoms. The van der Waals surface area contributed by atoms with Crippen LogP contribution in [-0.2, 0) is 6.54 Å². The fourth-order valence-corrected chi connectivity index (χ4v) is 0.907. The smallest absolute Gasteiger partial charge is 0.349 e. The molecular formula is C9H14N4O.